The van der Waals surface area contributed by atoms with Crippen molar-refractivity contribution in [2.24, 2.45) is 5.73 Å². The molecule has 7 heteroatoms. The fraction of sp³-hybridized carbons (Fsp3) is 0.600. The number of alkyl halides is 2. The zero-order chi connectivity index (χ0) is 12.6. The van der Waals surface area contributed by atoms with Crippen LogP contribution >= 0.6 is 0 Å². The van der Waals surface area contributed by atoms with E-state index >= 15 is 0 Å². The molecule has 2 rings (SSSR count). The topological polar surface area (TPSA) is 79.4 Å². The molecule has 0 radical (unpaired) electrons. The Morgan fingerprint density at radius 3 is 2.59 bits per heavy atom. The van der Waals surface area contributed by atoms with Crippen molar-refractivity contribution in [2.75, 3.05) is 0 Å². The predicted octanol–water partition coefficient (Wildman–Crippen LogP) is 1.16. The molecule has 1 aliphatic heterocycles. The van der Waals surface area contributed by atoms with E-state index in [0.717, 1.165) is 23.9 Å². The van der Waals surface area contributed by atoms with Crippen LogP contribution in [0.3, 0.4) is 0 Å². The van der Waals surface area contributed by atoms with E-state index < -0.39 is 17.8 Å². The fourth-order valence-electron chi connectivity index (χ4n) is 2.21. The molecule has 94 valence electrons. The quantitative estimate of drug-likeness (QED) is 0.727. The number of hydrogen-bond donors (Lipinski definition) is 2. The second-order valence-corrected chi connectivity index (χ2v) is 4.11. The Bertz CT molecular complexity index is 389. The molecule has 0 aromatic rings. The first kappa shape index (κ1) is 11.8. The SMILES string of the molecule is N=C1/C(=C\N)OC(F)(F)C(=O)N1C1CCCC1. The normalized spacial score (nSPS) is 27.6. The van der Waals surface area contributed by atoms with Crippen LogP contribution in [0.15, 0.2) is 12.0 Å². The summed E-state index contributed by atoms with van der Waals surface area (Å²) in [6.45, 7) is 0. The van der Waals surface area contributed by atoms with Gasteiger partial charge in [-0.05, 0) is 12.8 Å². The first-order chi connectivity index (χ1) is 7.97. The summed E-state index contributed by atoms with van der Waals surface area (Å²) in [5, 5.41) is 7.67. The summed E-state index contributed by atoms with van der Waals surface area (Å²) in [4.78, 5) is 12.4. The highest BCUT2D eigenvalue weighted by molar-refractivity contribution is 6.09. The molecule has 0 spiro atoms. The van der Waals surface area contributed by atoms with E-state index in [1.807, 2.05) is 0 Å². The molecule has 0 bridgehead atoms. The highest BCUT2D eigenvalue weighted by atomic mass is 19.3. The number of amidine groups is 1. The van der Waals surface area contributed by atoms with Gasteiger partial charge in [-0.15, -0.1) is 0 Å². The van der Waals surface area contributed by atoms with Gasteiger partial charge in [0.1, 0.15) is 0 Å². The molecule has 1 aliphatic carbocycles. The van der Waals surface area contributed by atoms with Gasteiger partial charge >= 0.3 is 12.0 Å². The number of nitrogens with zero attached hydrogens (tertiary/aromatic N) is 1. The molecule has 1 saturated heterocycles. The van der Waals surface area contributed by atoms with Crippen molar-refractivity contribution in [1.29, 1.82) is 5.41 Å². The van der Waals surface area contributed by atoms with Gasteiger partial charge in [0.05, 0.1) is 0 Å². The first-order valence-electron chi connectivity index (χ1n) is 5.38. The van der Waals surface area contributed by atoms with E-state index in [4.69, 9.17) is 11.1 Å². The van der Waals surface area contributed by atoms with Gasteiger partial charge in [-0.1, -0.05) is 12.8 Å². The van der Waals surface area contributed by atoms with Gasteiger partial charge in [0.25, 0.3) is 0 Å². The lowest BCUT2D eigenvalue weighted by Gasteiger charge is -2.36. The molecular formula is C10H13F2N3O2. The van der Waals surface area contributed by atoms with Crippen molar-refractivity contribution in [3.05, 3.63) is 12.0 Å². The number of nitrogens with two attached hydrogens (primary N) is 1. The molecule has 0 atom stereocenters. The largest absolute Gasteiger partial charge is 0.483 e. The Labute approximate surface area is 96.7 Å². The maximum absolute atomic E-state index is 13.3. The Morgan fingerprint density at radius 1 is 1.47 bits per heavy atom. The lowest BCUT2D eigenvalue weighted by molar-refractivity contribution is -0.226. The van der Waals surface area contributed by atoms with E-state index in [1.54, 1.807) is 0 Å². The van der Waals surface area contributed by atoms with Gasteiger partial charge in [-0.25, -0.2) is 0 Å². The minimum absolute atomic E-state index is 0.347. The Kier molecular flexibility index (Phi) is 2.76. The number of halogens is 2. The van der Waals surface area contributed by atoms with Gasteiger partial charge in [0, 0.05) is 12.2 Å². The molecule has 5 nitrogen and oxygen atoms in total. The van der Waals surface area contributed by atoms with Crippen LogP contribution in [0.25, 0.3) is 0 Å². The Balaban J connectivity index is 2.33. The molecule has 1 amide bonds. The van der Waals surface area contributed by atoms with E-state index in [2.05, 4.69) is 4.74 Å². The number of carbonyl (C=O) groups is 1. The van der Waals surface area contributed by atoms with Crippen LogP contribution in [0.2, 0.25) is 0 Å². The third-order valence-electron chi connectivity index (χ3n) is 3.02. The second-order valence-electron chi connectivity index (χ2n) is 4.11. The molecule has 0 unspecified atom stereocenters. The molecule has 1 heterocycles. The Morgan fingerprint density at radius 2 is 2.06 bits per heavy atom. The van der Waals surface area contributed by atoms with Crippen molar-refractivity contribution in [3.8, 4) is 0 Å². The monoisotopic (exact) mass is 245 g/mol. The van der Waals surface area contributed by atoms with E-state index in [0.29, 0.717) is 12.8 Å². The van der Waals surface area contributed by atoms with Crippen LogP contribution in [0.5, 0.6) is 0 Å². The van der Waals surface area contributed by atoms with Crippen molar-refractivity contribution in [2.45, 2.75) is 37.8 Å². The number of nitrogens with one attached hydrogen (secondary N) is 1. The summed E-state index contributed by atoms with van der Waals surface area (Å²) in [5.41, 5.74) is 5.12. The maximum atomic E-state index is 13.3. The lowest BCUT2D eigenvalue weighted by Crippen LogP contribution is -2.57. The second kappa shape index (κ2) is 3.97. The average molecular weight is 245 g/mol. The van der Waals surface area contributed by atoms with Crippen LogP contribution in [0.4, 0.5) is 8.78 Å². The molecule has 0 aromatic carbocycles. The molecule has 3 N–H and O–H groups in total. The lowest BCUT2D eigenvalue weighted by atomic mass is 10.1. The molecular weight excluding hydrogens is 232 g/mol. The number of hydrogen-bond acceptors (Lipinski definition) is 4. The van der Waals surface area contributed by atoms with Crippen LogP contribution in [0, 0.1) is 5.41 Å². The molecule has 17 heavy (non-hydrogen) atoms. The number of carbonyl (C=O) groups excluding carboxylic acids is 1. The minimum Gasteiger partial charge on any atom is -0.420 e. The summed E-state index contributed by atoms with van der Waals surface area (Å²) in [6.07, 6.45) is -0.154. The summed E-state index contributed by atoms with van der Waals surface area (Å²) >= 11 is 0. The van der Waals surface area contributed by atoms with E-state index in [1.165, 1.54) is 0 Å². The van der Waals surface area contributed by atoms with Crippen LogP contribution in [-0.2, 0) is 9.53 Å². The number of ether oxygens (including phenoxy) is 1. The first-order valence-corrected chi connectivity index (χ1v) is 5.38. The van der Waals surface area contributed by atoms with Crippen LogP contribution in [0.1, 0.15) is 25.7 Å². The van der Waals surface area contributed by atoms with Gasteiger partial charge in [0.15, 0.2) is 11.6 Å². The fourth-order valence-corrected chi connectivity index (χ4v) is 2.21. The number of rotatable bonds is 1. The maximum Gasteiger partial charge on any atom is 0.483 e. The smallest absolute Gasteiger partial charge is 0.420 e. The standard InChI is InChI=1S/C10H13F2N3O2/c11-10(12)9(16)15(6-3-1-2-4-6)8(14)7(5-13)17-10/h5-6,14H,1-4,13H2/b7-5+,14-8?. The van der Waals surface area contributed by atoms with Gasteiger partial charge in [0.2, 0.25) is 0 Å². The summed E-state index contributed by atoms with van der Waals surface area (Å²) < 4.78 is 30.7. The van der Waals surface area contributed by atoms with Crippen molar-refractivity contribution in [3.63, 3.8) is 0 Å². The number of morpholine rings is 1. The van der Waals surface area contributed by atoms with Crippen LogP contribution in [-0.4, -0.2) is 28.8 Å². The summed E-state index contributed by atoms with van der Waals surface area (Å²) in [7, 11) is 0. The molecule has 1 saturated carbocycles. The predicted molar refractivity (Wildman–Crippen MR) is 55.1 cm³/mol. The van der Waals surface area contributed by atoms with Crippen molar-refractivity contribution >= 4 is 11.7 Å². The number of amides is 1. The highest BCUT2D eigenvalue weighted by Gasteiger charge is 2.54. The van der Waals surface area contributed by atoms with Gasteiger partial charge < -0.3 is 10.5 Å². The molecule has 0 aromatic heterocycles. The summed E-state index contributed by atoms with van der Waals surface area (Å²) in [5.74, 6) is -2.31. The zero-order valence-corrected chi connectivity index (χ0v) is 9.08. The third-order valence-corrected chi connectivity index (χ3v) is 3.02. The minimum atomic E-state index is -3.93. The van der Waals surface area contributed by atoms with Gasteiger partial charge in [-0.3, -0.25) is 15.1 Å². The van der Waals surface area contributed by atoms with Crippen molar-refractivity contribution in [1.82, 2.24) is 4.90 Å². The Hall–Kier alpha value is -1.66. The van der Waals surface area contributed by atoms with E-state index in [9.17, 15) is 13.6 Å². The average Bonchev–Trinajstić information content (AvgIpc) is 2.78. The summed E-state index contributed by atoms with van der Waals surface area (Å²) in [6, 6.07) is -0.347. The molecule has 2 fully saturated rings. The van der Waals surface area contributed by atoms with E-state index in [-0.39, 0.29) is 11.9 Å². The van der Waals surface area contributed by atoms with Crippen molar-refractivity contribution < 1.29 is 18.3 Å². The highest BCUT2D eigenvalue weighted by Crippen LogP contribution is 2.34. The third kappa shape index (κ3) is 1.85. The van der Waals surface area contributed by atoms with Gasteiger partial charge in [-0.2, -0.15) is 8.78 Å². The van der Waals surface area contributed by atoms with Crippen LogP contribution < -0.4 is 5.73 Å². The molecule has 2 aliphatic rings. The zero-order valence-electron chi connectivity index (χ0n) is 9.08.